The van der Waals surface area contributed by atoms with Gasteiger partial charge in [-0.1, -0.05) is 34.8 Å². The van der Waals surface area contributed by atoms with Crippen molar-refractivity contribution in [3.63, 3.8) is 0 Å². The number of carbonyl (C=O) groups is 1. The van der Waals surface area contributed by atoms with E-state index in [1.165, 1.54) is 12.1 Å². The Hall–Kier alpha value is -0.940. The first-order valence-electron chi connectivity index (χ1n) is 6.70. The van der Waals surface area contributed by atoms with Gasteiger partial charge >= 0.3 is 0 Å². The molecule has 0 atom stereocenters. The molecule has 2 rings (SSSR count). The molecule has 2 aromatic rings. The molecule has 0 bridgehead atoms. The predicted octanol–water partition coefficient (Wildman–Crippen LogP) is 6.45. The fraction of sp³-hybridized carbons (Fsp3) is 0.188. The highest BCUT2D eigenvalue weighted by molar-refractivity contribution is 9.10. The zero-order valence-corrected chi connectivity index (χ0v) is 16.1. The number of rotatable bonds is 4. The van der Waals surface area contributed by atoms with Crippen LogP contribution in [0.1, 0.15) is 24.2 Å². The fourth-order valence-electron chi connectivity index (χ4n) is 1.80. The van der Waals surface area contributed by atoms with E-state index < -0.39 is 0 Å². The van der Waals surface area contributed by atoms with E-state index >= 15 is 0 Å². The maximum atomic E-state index is 12.3. The van der Waals surface area contributed by atoms with Crippen molar-refractivity contribution in [1.82, 2.24) is 0 Å². The van der Waals surface area contributed by atoms with Crippen LogP contribution in [0.2, 0.25) is 15.1 Å². The molecule has 2 aromatic carbocycles. The van der Waals surface area contributed by atoms with Gasteiger partial charge in [0.05, 0.1) is 31.3 Å². The molecular weight excluding hydrogens is 424 g/mol. The third-order valence-electron chi connectivity index (χ3n) is 2.81. The molecular formula is C16H13BrCl3NO2. The Labute approximate surface area is 158 Å². The van der Waals surface area contributed by atoms with Crippen molar-refractivity contribution in [2.75, 3.05) is 5.32 Å². The quantitative estimate of drug-likeness (QED) is 0.558. The maximum absolute atomic E-state index is 12.3. The lowest BCUT2D eigenvalue weighted by Gasteiger charge is -2.13. The first-order valence-corrected chi connectivity index (χ1v) is 8.62. The number of ether oxygens (including phenoxy) is 1. The van der Waals surface area contributed by atoms with Crippen molar-refractivity contribution >= 4 is 62.3 Å². The number of benzene rings is 2. The SMILES string of the molecule is CC(C)Oc1ccc(C(=O)Nc2cc(Cl)c(Cl)cc2Cl)cc1Br. The Kier molecular flexibility index (Phi) is 6.20. The van der Waals surface area contributed by atoms with Gasteiger partial charge in [-0.25, -0.2) is 0 Å². The van der Waals surface area contributed by atoms with Gasteiger partial charge < -0.3 is 10.1 Å². The predicted molar refractivity (Wildman–Crippen MR) is 99.3 cm³/mol. The molecule has 0 fully saturated rings. The van der Waals surface area contributed by atoms with Crippen LogP contribution in [0.4, 0.5) is 5.69 Å². The zero-order valence-electron chi connectivity index (χ0n) is 12.3. The lowest BCUT2D eigenvalue weighted by molar-refractivity contribution is 0.102. The second kappa shape index (κ2) is 7.75. The second-order valence-corrected chi connectivity index (χ2v) is 7.09. The first kappa shape index (κ1) is 18.4. The van der Waals surface area contributed by atoms with Gasteiger partial charge in [-0.3, -0.25) is 4.79 Å². The molecule has 0 saturated carbocycles. The van der Waals surface area contributed by atoms with Crippen LogP contribution in [-0.4, -0.2) is 12.0 Å². The summed E-state index contributed by atoms with van der Waals surface area (Å²) in [6.07, 6.45) is 0.0426. The Morgan fingerprint density at radius 2 is 1.74 bits per heavy atom. The lowest BCUT2D eigenvalue weighted by atomic mass is 10.2. The van der Waals surface area contributed by atoms with Gasteiger partial charge in [0.2, 0.25) is 0 Å². The molecule has 0 heterocycles. The summed E-state index contributed by atoms with van der Waals surface area (Å²) in [5, 5.41) is 3.66. The molecule has 122 valence electrons. The average Bonchev–Trinajstić information content (AvgIpc) is 2.46. The molecule has 0 aliphatic rings. The Bertz CT molecular complexity index is 750. The van der Waals surface area contributed by atoms with Crippen LogP contribution in [0, 0.1) is 0 Å². The highest BCUT2D eigenvalue weighted by Crippen LogP contribution is 2.33. The molecule has 23 heavy (non-hydrogen) atoms. The number of carbonyl (C=O) groups excluding carboxylic acids is 1. The van der Waals surface area contributed by atoms with E-state index in [-0.39, 0.29) is 12.0 Å². The fourth-order valence-corrected chi connectivity index (χ4v) is 2.87. The molecule has 1 amide bonds. The van der Waals surface area contributed by atoms with Crippen LogP contribution in [-0.2, 0) is 0 Å². The highest BCUT2D eigenvalue weighted by Gasteiger charge is 2.13. The third-order valence-corrected chi connectivity index (χ3v) is 4.47. The van der Waals surface area contributed by atoms with Gasteiger partial charge in [0.1, 0.15) is 5.75 Å². The smallest absolute Gasteiger partial charge is 0.255 e. The molecule has 0 radical (unpaired) electrons. The molecule has 0 aromatic heterocycles. The van der Waals surface area contributed by atoms with Gasteiger partial charge in [-0.2, -0.15) is 0 Å². The maximum Gasteiger partial charge on any atom is 0.255 e. The van der Waals surface area contributed by atoms with E-state index in [9.17, 15) is 4.79 Å². The van der Waals surface area contributed by atoms with E-state index in [1.807, 2.05) is 13.8 Å². The summed E-state index contributed by atoms with van der Waals surface area (Å²) >= 11 is 21.3. The first-order chi connectivity index (χ1) is 10.8. The molecule has 7 heteroatoms. The van der Waals surface area contributed by atoms with Crippen LogP contribution in [0.3, 0.4) is 0 Å². The van der Waals surface area contributed by atoms with Gasteiger partial charge in [0.15, 0.2) is 0 Å². The highest BCUT2D eigenvalue weighted by atomic mass is 79.9. The monoisotopic (exact) mass is 435 g/mol. The number of halogens is 4. The lowest BCUT2D eigenvalue weighted by Crippen LogP contribution is -2.13. The number of anilines is 1. The molecule has 0 aliphatic carbocycles. The van der Waals surface area contributed by atoms with Crippen molar-refractivity contribution in [2.24, 2.45) is 0 Å². The zero-order chi connectivity index (χ0) is 17.1. The van der Waals surface area contributed by atoms with Gasteiger partial charge in [0, 0.05) is 5.56 Å². The average molecular weight is 438 g/mol. The number of amides is 1. The Balaban J connectivity index is 2.21. The van der Waals surface area contributed by atoms with E-state index in [2.05, 4.69) is 21.2 Å². The standard InChI is InChI=1S/C16H13BrCl3NO2/c1-8(2)23-15-4-3-9(5-10(15)17)16(22)21-14-7-12(19)11(18)6-13(14)20/h3-8H,1-2H3,(H,21,22). The summed E-state index contributed by atoms with van der Waals surface area (Å²) in [5.74, 6) is 0.353. The third kappa shape index (κ3) is 4.77. The van der Waals surface area contributed by atoms with Crippen LogP contribution in [0.25, 0.3) is 0 Å². The summed E-state index contributed by atoms with van der Waals surface area (Å²) in [7, 11) is 0. The number of nitrogens with one attached hydrogen (secondary N) is 1. The van der Waals surface area contributed by atoms with E-state index in [4.69, 9.17) is 39.5 Å². The summed E-state index contributed by atoms with van der Waals surface area (Å²) in [5.41, 5.74) is 0.847. The van der Waals surface area contributed by atoms with Gasteiger partial charge in [-0.15, -0.1) is 0 Å². The summed E-state index contributed by atoms with van der Waals surface area (Å²) in [6, 6.07) is 8.07. The minimum atomic E-state index is -0.318. The topological polar surface area (TPSA) is 38.3 Å². The summed E-state index contributed by atoms with van der Waals surface area (Å²) in [6.45, 7) is 3.86. The van der Waals surface area contributed by atoms with Crippen LogP contribution in [0.5, 0.6) is 5.75 Å². The molecule has 0 saturated heterocycles. The second-order valence-electron chi connectivity index (χ2n) is 5.01. The van der Waals surface area contributed by atoms with Crippen LogP contribution in [0.15, 0.2) is 34.8 Å². The van der Waals surface area contributed by atoms with Crippen LogP contribution < -0.4 is 10.1 Å². The van der Waals surface area contributed by atoms with Crippen molar-refractivity contribution < 1.29 is 9.53 Å². The minimum absolute atomic E-state index is 0.0426. The van der Waals surface area contributed by atoms with Crippen molar-refractivity contribution in [3.05, 3.63) is 55.4 Å². The van der Waals surface area contributed by atoms with Gasteiger partial charge in [0.25, 0.3) is 5.91 Å². The molecule has 1 N–H and O–H groups in total. The van der Waals surface area contributed by atoms with Crippen molar-refractivity contribution in [3.8, 4) is 5.75 Å². The minimum Gasteiger partial charge on any atom is -0.490 e. The van der Waals surface area contributed by atoms with Crippen molar-refractivity contribution in [1.29, 1.82) is 0 Å². The Morgan fingerprint density at radius 1 is 1.09 bits per heavy atom. The van der Waals surface area contributed by atoms with E-state index in [0.29, 0.717) is 36.5 Å². The number of hydrogen-bond donors (Lipinski definition) is 1. The Morgan fingerprint density at radius 3 is 2.35 bits per heavy atom. The van der Waals surface area contributed by atoms with E-state index in [1.54, 1.807) is 18.2 Å². The molecule has 0 aliphatic heterocycles. The molecule has 0 spiro atoms. The normalized spacial score (nSPS) is 10.7. The van der Waals surface area contributed by atoms with E-state index in [0.717, 1.165) is 0 Å². The molecule has 3 nitrogen and oxygen atoms in total. The summed E-state index contributed by atoms with van der Waals surface area (Å²) < 4.78 is 6.31. The van der Waals surface area contributed by atoms with Gasteiger partial charge in [-0.05, 0) is 60.1 Å². The summed E-state index contributed by atoms with van der Waals surface area (Å²) in [4.78, 5) is 12.3. The number of hydrogen-bond acceptors (Lipinski definition) is 2. The largest absolute Gasteiger partial charge is 0.490 e. The molecule has 0 unspecified atom stereocenters. The van der Waals surface area contributed by atoms with Crippen molar-refractivity contribution in [2.45, 2.75) is 20.0 Å². The van der Waals surface area contributed by atoms with Crippen LogP contribution >= 0.6 is 50.7 Å².